The van der Waals surface area contributed by atoms with E-state index in [0.717, 1.165) is 17.0 Å². The molecule has 3 heterocycles. The summed E-state index contributed by atoms with van der Waals surface area (Å²) >= 11 is 1.54. The number of thiazole rings is 1. The van der Waals surface area contributed by atoms with Crippen LogP contribution < -0.4 is 5.32 Å². The van der Waals surface area contributed by atoms with E-state index < -0.39 is 0 Å². The van der Waals surface area contributed by atoms with Crippen LogP contribution in [0.15, 0.2) is 41.6 Å². The maximum atomic E-state index is 11.8. The molecule has 1 amide bonds. The summed E-state index contributed by atoms with van der Waals surface area (Å²) in [6.45, 7) is 0. The zero-order valence-electron chi connectivity index (χ0n) is 10.1. The van der Waals surface area contributed by atoms with Crippen molar-refractivity contribution in [3.8, 4) is 0 Å². The number of aryl methyl sites for hydroxylation is 1. The van der Waals surface area contributed by atoms with Crippen molar-refractivity contribution < 1.29 is 4.79 Å². The third kappa shape index (κ3) is 2.79. The number of imidazole rings is 1. The van der Waals surface area contributed by atoms with E-state index in [9.17, 15) is 4.79 Å². The Kier molecular flexibility index (Phi) is 3.24. The van der Waals surface area contributed by atoms with E-state index in [1.165, 1.54) is 0 Å². The van der Waals surface area contributed by atoms with Gasteiger partial charge in [-0.15, -0.1) is 11.3 Å². The highest BCUT2D eigenvalue weighted by atomic mass is 32.1. The first-order valence-electron chi connectivity index (χ1n) is 5.91. The molecule has 0 aromatic carbocycles. The highest BCUT2D eigenvalue weighted by Crippen LogP contribution is 2.11. The summed E-state index contributed by atoms with van der Waals surface area (Å²) < 4.78 is 1.89. The highest BCUT2D eigenvalue weighted by Gasteiger charge is 2.05. The van der Waals surface area contributed by atoms with Gasteiger partial charge in [0.05, 0.1) is 11.2 Å². The summed E-state index contributed by atoms with van der Waals surface area (Å²) in [6.07, 6.45) is 6.56. The molecule has 0 atom stereocenters. The van der Waals surface area contributed by atoms with Gasteiger partial charge in [-0.05, 0) is 12.5 Å². The van der Waals surface area contributed by atoms with Crippen molar-refractivity contribution in [2.45, 2.75) is 12.8 Å². The average molecular weight is 272 g/mol. The van der Waals surface area contributed by atoms with Crippen molar-refractivity contribution in [1.82, 2.24) is 14.4 Å². The Hall–Kier alpha value is -2.21. The normalized spacial score (nSPS) is 10.7. The lowest BCUT2D eigenvalue weighted by Crippen LogP contribution is -2.12. The third-order valence-electron chi connectivity index (χ3n) is 2.77. The number of fused-ring (bicyclic) bond motifs is 1. The summed E-state index contributed by atoms with van der Waals surface area (Å²) in [6, 6.07) is 3.70. The van der Waals surface area contributed by atoms with Gasteiger partial charge in [0.15, 0.2) is 0 Å². The second-order valence-corrected chi connectivity index (χ2v) is 4.85. The molecule has 0 bridgehead atoms. The van der Waals surface area contributed by atoms with Gasteiger partial charge in [-0.1, -0.05) is 0 Å². The van der Waals surface area contributed by atoms with Crippen LogP contribution in [0.1, 0.15) is 12.1 Å². The van der Waals surface area contributed by atoms with Crippen LogP contribution in [0.5, 0.6) is 0 Å². The van der Waals surface area contributed by atoms with Gasteiger partial charge >= 0.3 is 0 Å². The minimum atomic E-state index is -0.0103. The second-order valence-electron chi connectivity index (χ2n) is 4.14. The van der Waals surface area contributed by atoms with E-state index in [-0.39, 0.29) is 5.91 Å². The molecule has 0 saturated carbocycles. The first-order chi connectivity index (χ1) is 9.31. The molecule has 5 nitrogen and oxygen atoms in total. The topological polar surface area (TPSA) is 59.3 Å². The van der Waals surface area contributed by atoms with Crippen molar-refractivity contribution >= 4 is 28.6 Å². The van der Waals surface area contributed by atoms with Crippen LogP contribution in [0.25, 0.3) is 5.65 Å². The van der Waals surface area contributed by atoms with Gasteiger partial charge in [0.25, 0.3) is 0 Å². The summed E-state index contributed by atoms with van der Waals surface area (Å²) in [4.78, 5) is 20.2. The highest BCUT2D eigenvalue weighted by molar-refractivity contribution is 7.07. The van der Waals surface area contributed by atoms with Gasteiger partial charge in [0.1, 0.15) is 5.65 Å². The Morgan fingerprint density at radius 3 is 3.16 bits per heavy atom. The molecule has 19 heavy (non-hydrogen) atoms. The van der Waals surface area contributed by atoms with E-state index in [1.54, 1.807) is 23.0 Å². The summed E-state index contributed by atoms with van der Waals surface area (Å²) in [5, 5.41) is 4.83. The second kappa shape index (κ2) is 5.19. The molecule has 0 radical (unpaired) electrons. The summed E-state index contributed by atoms with van der Waals surface area (Å²) in [5.74, 6) is -0.0103. The predicted octanol–water partition coefficient (Wildman–Crippen LogP) is 2.36. The molecule has 0 spiro atoms. The van der Waals surface area contributed by atoms with Crippen LogP contribution >= 0.6 is 11.3 Å². The van der Waals surface area contributed by atoms with Gasteiger partial charge in [-0.3, -0.25) is 4.79 Å². The smallest absolute Gasteiger partial charge is 0.224 e. The van der Waals surface area contributed by atoms with Crippen molar-refractivity contribution in [1.29, 1.82) is 0 Å². The number of hydrogen-bond acceptors (Lipinski definition) is 4. The molecule has 0 aliphatic rings. The number of anilines is 1. The fourth-order valence-electron chi connectivity index (χ4n) is 1.81. The number of carbonyl (C=O) groups excluding carboxylic acids is 1. The fraction of sp³-hybridized carbons (Fsp3) is 0.154. The van der Waals surface area contributed by atoms with Crippen LogP contribution in [0.4, 0.5) is 5.69 Å². The van der Waals surface area contributed by atoms with Crippen LogP contribution in [0.3, 0.4) is 0 Å². The first kappa shape index (κ1) is 11.9. The van der Waals surface area contributed by atoms with E-state index in [4.69, 9.17) is 0 Å². The number of aromatic nitrogens is 3. The molecule has 3 aromatic heterocycles. The Morgan fingerprint density at radius 2 is 2.32 bits per heavy atom. The summed E-state index contributed by atoms with van der Waals surface area (Å²) in [7, 11) is 0. The number of hydrogen-bond donors (Lipinski definition) is 1. The molecular weight excluding hydrogens is 260 g/mol. The Morgan fingerprint density at radius 1 is 1.37 bits per heavy atom. The standard InChI is InChI=1S/C13H12N4OS/c18-13(2-1-11-8-19-9-15-11)16-10-3-5-17-6-4-14-12(17)7-10/h3-9H,1-2H2,(H,16,18). The van der Waals surface area contributed by atoms with E-state index >= 15 is 0 Å². The maximum absolute atomic E-state index is 11.8. The minimum Gasteiger partial charge on any atom is -0.326 e. The number of carbonyl (C=O) groups is 1. The lowest BCUT2D eigenvalue weighted by atomic mass is 10.2. The monoisotopic (exact) mass is 272 g/mol. The molecule has 0 aliphatic carbocycles. The Bertz CT molecular complexity index is 690. The number of amides is 1. The third-order valence-corrected chi connectivity index (χ3v) is 3.41. The number of rotatable bonds is 4. The van der Waals surface area contributed by atoms with Gasteiger partial charge < -0.3 is 9.72 Å². The predicted molar refractivity (Wildman–Crippen MR) is 74.3 cm³/mol. The van der Waals surface area contributed by atoms with Crippen molar-refractivity contribution in [3.63, 3.8) is 0 Å². The van der Waals surface area contributed by atoms with Gasteiger partial charge in [-0.25, -0.2) is 9.97 Å². The largest absolute Gasteiger partial charge is 0.326 e. The number of nitrogens with one attached hydrogen (secondary N) is 1. The molecule has 3 rings (SSSR count). The van der Waals surface area contributed by atoms with Crippen LogP contribution in [-0.2, 0) is 11.2 Å². The quantitative estimate of drug-likeness (QED) is 0.793. The van der Waals surface area contributed by atoms with Crippen molar-refractivity contribution in [2.75, 3.05) is 5.32 Å². The van der Waals surface area contributed by atoms with Crippen LogP contribution in [0.2, 0.25) is 0 Å². The zero-order valence-corrected chi connectivity index (χ0v) is 10.9. The Balaban J connectivity index is 1.62. The van der Waals surface area contributed by atoms with Crippen LogP contribution in [-0.4, -0.2) is 20.3 Å². The number of nitrogens with zero attached hydrogens (tertiary/aromatic N) is 3. The SMILES string of the molecule is O=C(CCc1cscn1)Nc1ccn2ccnc2c1. The molecule has 0 saturated heterocycles. The van der Waals surface area contributed by atoms with Crippen LogP contribution in [0, 0.1) is 0 Å². The zero-order chi connectivity index (χ0) is 13.1. The molecule has 3 aromatic rings. The van der Waals surface area contributed by atoms with Gasteiger partial charge in [-0.2, -0.15) is 0 Å². The first-order valence-corrected chi connectivity index (χ1v) is 6.85. The molecule has 0 fully saturated rings. The lowest BCUT2D eigenvalue weighted by molar-refractivity contribution is -0.116. The minimum absolute atomic E-state index is 0.0103. The van der Waals surface area contributed by atoms with E-state index in [1.807, 2.05) is 34.3 Å². The Labute approximate surface area is 113 Å². The number of pyridine rings is 1. The molecule has 1 N–H and O–H groups in total. The molecule has 6 heteroatoms. The summed E-state index contributed by atoms with van der Waals surface area (Å²) in [5.41, 5.74) is 4.32. The molecular formula is C13H12N4OS. The maximum Gasteiger partial charge on any atom is 0.224 e. The molecule has 0 aliphatic heterocycles. The van der Waals surface area contributed by atoms with Gasteiger partial charge in [0.2, 0.25) is 5.91 Å². The molecule has 96 valence electrons. The van der Waals surface area contributed by atoms with E-state index in [2.05, 4.69) is 15.3 Å². The fourth-order valence-corrected chi connectivity index (χ4v) is 2.41. The van der Waals surface area contributed by atoms with Gasteiger partial charge in [0, 0.05) is 42.1 Å². The van der Waals surface area contributed by atoms with Crippen molar-refractivity contribution in [3.05, 3.63) is 47.3 Å². The average Bonchev–Trinajstić information content (AvgIpc) is 3.07. The molecule has 0 unspecified atom stereocenters. The lowest BCUT2D eigenvalue weighted by Gasteiger charge is -2.04. The van der Waals surface area contributed by atoms with E-state index in [0.29, 0.717) is 12.8 Å². The van der Waals surface area contributed by atoms with Crippen molar-refractivity contribution in [2.24, 2.45) is 0 Å².